The molecule has 6 nitrogen and oxygen atoms in total. The summed E-state index contributed by atoms with van der Waals surface area (Å²) in [6.07, 6.45) is 0. The van der Waals surface area contributed by atoms with Crippen LogP contribution < -0.4 is 9.04 Å². The number of nitrogens with zero attached hydrogens (tertiary/aromatic N) is 1. The van der Waals surface area contributed by atoms with Crippen LogP contribution in [0.15, 0.2) is 114 Å². The molecule has 4 aromatic rings. The zero-order valence-corrected chi connectivity index (χ0v) is 20.0. The summed E-state index contributed by atoms with van der Waals surface area (Å²) >= 11 is 0. The molecule has 0 aliphatic carbocycles. The van der Waals surface area contributed by atoms with E-state index in [1.165, 1.54) is 16.4 Å². The third-order valence-electron chi connectivity index (χ3n) is 5.40. The van der Waals surface area contributed by atoms with Crippen LogP contribution in [0.3, 0.4) is 0 Å². The van der Waals surface area contributed by atoms with Crippen LogP contribution in [-0.2, 0) is 27.9 Å². The van der Waals surface area contributed by atoms with Crippen LogP contribution in [0.2, 0.25) is 0 Å². The summed E-state index contributed by atoms with van der Waals surface area (Å²) < 4.78 is 39.5. The van der Waals surface area contributed by atoms with Crippen molar-refractivity contribution in [2.24, 2.45) is 0 Å². The Labute approximate surface area is 205 Å². The number of esters is 1. The molecule has 4 rings (SSSR count). The maximum atomic E-state index is 13.8. The summed E-state index contributed by atoms with van der Waals surface area (Å²) in [5, 5.41) is 0. The molecule has 0 saturated heterocycles. The minimum Gasteiger partial charge on any atom is -0.497 e. The second-order valence-electron chi connectivity index (χ2n) is 7.78. The highest BCUT2D eigenvalue weighted by molar-refractivity contribution is 7.92. The summed E-state index contributed by atoms with van der Waals surface area (Å²) in [5.41, 5.74) is 2.31. The number of hydrogen-bond donors (Lipinski definition) is 0. The van der Waals surface area contributed by atoms with Crippen molar-refractivity contribution in [3.05, 3.63) is 126 Å². The van der Waals surface area contributed by atoms with Crippen LogP contribution in [0.5, 0.6) is 5.75 Å². The second kappa shape index (κ2) is 10.9. The van der Waals surface area contributed by atoms with E-state index in [-0.39, 0.29) is 23.6 Å². The van der Waals surface area contributed by atoms with Gasteiger partial charge in [0.15, 0.2) is 0 Å². The van der Waals surface area contributed by atoms with Gasteiger partial charge in [-0.05, 0) is 53.6 Å². The molecule has 35 heavy (non-hydrogen) atoms. The number of hydrogen-bond acceptors (Lipinski definition) is 5. The second-order valence-corrected chi connectivity index (χ2v) is 9.65. The van der Waals surface area contributed by atoms with Crippen LogP contribution in [0.1, 0.15) is 21.5 Å². The van der Waals surface area contributed by atoms with Crippen LogP contribution in [-0.4, -0.2) is 21.5 Å². The summed E-state index contributed by atoms with van der Waals surface area (Å²) in [5.74, 6) is 0.0268. The van der Waals surface area contributed by atoms with Crippen LogP contribution in [0, 0.1) is 0 Å². The predicted octanol–water partition coefficient (Wildman–Crippen LogP) is 5.45. The number of carbonyl (C=O) groups excluding carboxylic acids is 1. The lowest BCUT2D eigenvalue weighted by Crippen LogP contribution is -2.30. The molecule has 0 N–H and O–H groups in total. The number of benzene rings is 4. The van der Waals surface area contributed by atoms with E-state index in [1.807, 2.05) is 60.7 Å². The Morgan fingerprint density at radius 3 is 2.03 bits per heavy atom. The quantitative estimate of drug-likeness (QED) is 0.294. The Morgan fingerprint density at radius 1 is 0.771 bits per heavy atom. The topological polar surface area (TPSA) is 72.9 Å². The Morgan fingerprint density at radius 2 is 1.40 bits per heavy atom. The number of sulfonamides is 1. The van der Waals surface area contributed by atoms with Crippen molar-refractivity contribution in [3.8, 4) is 5.75 Å². The van der Waals surface area contributed by atoms with E-state index < -0.39 is 16.0 Å². The van der Waals surface area contributed by atoms with Crippen LogP contribution in [0.25, 0.3) is 0 Å². The van der Waals surface area contributed by atoms with E-state index in [4.69, 9.17) is 9.47 Å². The minimum absolute atomic E-state index is 0.00147. The van der Waals surface area contributed by atoms with E-state index in [0.717, 1.165) is 11.1 Å². The van der Waals surface area contributed by atoms with Gasteiger partial charge in [-0.25, -0.2) is 13.2 Å². The molecule has 0 aliphatic heterocycles. The smallest absolute Gasteiger partial charge is 0.338 e. The predicted molar refractivity (Wildman–Crippen MR) is 135 cm³/mol. The van der Waals surface area contributed by atoms with Crippen molar-refractivity contribution < 1.29 is 22.7 Å². The number of anilines is 1. The molecule has 0 amide bonds. The van der Waals surface area contributed by atoms with Crippen molar-refractivity contribution in [2.45, 2.75) is 18.0 Å². The fourth-order valence-electron chi connectivity index (χ4n) is 3.53. The first-order valence-electron chi connectivity index (χ1n) is 11.0. The highest BCUT2D eigenvalue weighted by Gasteiger charge is 2.26. The molecule has 0 atom stereocenters. The molecule has 4 aromatic carbocycles. The largest absolute Gasteiger partial charge is 0.497 e. The lowest BCUT2D eigenvalue weighted by Gasteiger charge is -2.25. The molecule has 0 aliphatic rings. The zero-order chi connectivity index (χ0) is 24.7. The lowest BCUT2D eigenvalue weighted by atomic mass is 10.2. The van der Waals surface area contributed by atoms with Gasteiger partial charge in [0.1, 0.15) is 12.4 Å². The Kier molecular flexibility index (Phi) is 7.48. The van der Waals surface area contributed by atoms with Gasteiger partial charge in [0.25, 0.3) is 10.0 Å². The Hall–Kier alpha value is -4.10. The first-order valence-corrected chi connectivity index (χ1v) is 12.4. The molecule has 0 unspecified atom stereocenters. The molecule has 0 heterocycles. The molecule has 0 aromatic heterocycles. The van der Waals surface area contributed by atoms with Gasteiger partial charge in [0.05, 0.1) is 29.8 Å². The zero-order valence-electron chi connectivity index (χ0n) is 19.2. The SMILES string of the molecule is COc1ccc(N(Cc2ccccc2)S(=O)(=O)c2cccc(C(=O)OCc3ccccc3)c2)cc1. The van der Waals surface area contributed by atoms with Crippen molar-refractivity contribution in [1.82, 2.24) is 0 Å². The minimum atomic E-state index is -4.01. The molecule has 0 radical (unpaired) electrons. The van der Waals surface area contributed by atoms with E-state index in [1.54, 1.807) is 43.5 Å². The lowest BCUT2D eigenvalue weighted by molar-refractivity contribution is 0.0472. The van der Waals surface area contributed by atoms with E-state index in [0.29, 0.717) is 11.4 Å². The van der Waals surface area contributed by atoms with Crippen molar-refractivity contribution in [3.63, 3.8) is 0 Å². The molecule has 7 heteroatoms. The van der Waals surface area contributed by atoms with Crippen molar-refractivity contribution in [1.29, 1.82) is 0 Å². The van der Waals surface area contributed by atoms with Crippen molar-refractivity contribution in [2.75, 3.05) is 11.4 Å². The average Bonchev–Trinajstić information content (AvgIpc) is 2.91. The standard InChI is InChI=1S/C28H25NO5S/c1-33-26-17-15-25(16-18-26)29(20-22-9-4-2-5-10-22)35(31,32)27-14-8-13-24(19-27)28(30)34-21-23-11-6-3-7-12-23/h2-19H,20-21H2,1H3. The highest BCUT2D eigenvalue weighted by atomic mass is 32.2. The highest BCUT2D eigenvalue weighted by Crippen LogP contribution is 2.28. The van der Waals surface area contributed by atoms with E-state index in [9.17, 15) is 13.2 Å². The maximum Gasteiger partial charge on any atom is 0.338 e. The van der Waals surface area contributed by atoms with Crippen LogP contribution >= 0.6 is 0 Å². The number of rotatable bonds is 9. The van der Waals surface area contributed by atoms with Gasteiger partial charge < -0.3 is 9.47 Å². The maximum absolute atomic E-state index is 13.8. The van der Waals surface area contributed by atoms with Gasteiger partial charge in [-0.2, -0.15) is 0 Å². The summed E-state index contributed by atoms with van der Waals surface area (Å²) in [6.45, 7) is 0.223. The van der Waals surface area contributed by atoms with Gasteiger partial charge in [-0.3, -0.25) is 4.31 Å². The van der Waals surface area contributed by atoms with Gasteiger partial charge in [0.2, 0.25) is 0 Å². The van der Waals surface area contributed by atoms with Gasteiger partial charge in [-0.1, -0.05) is 66.7 Å². The fourth-order valence-corrected chi connectivity index (χ4v) is 5.03. The normalized spacial score (nSPS) is 11.0. The molecular weight excluding hydrogens is 462 g/mol. The van der Waals surface area contributed by atoms with Crippen LogP contribution in [0.4, 0.5) is 5.69 Å². The number of methoxy groups -OCH3 is 1. The number of ether oxygens (including phenoxy) is 2. The number of carbonyl (C=O) groups is 1. The Bertz CT molecular complexity index is 1370. The average molecular weight is 488 g/mol. The molecule has 0 bridgehead atoms. The molecule has 178 valence electrons. The van der Waals surface area contributed by atoms with Crippen molar-refractivity contribution >= 4 is 21.7 Å². The van der Waals surface area contributed by atoms with Gasteiger partial charge >= 0.3 is 5.97 Å². The first-order chi connectivity index (χ1) is 17.0. The molecule has 0 spiro atoms. The van der Waals surface area contributed by atoms with Gasteiger partial charge in [0, 0.05) is 0 Å². The summed E-state index contributed by atoms with van der Waals surface area (Å²) in [4.78, 5) is 12.7. The molecule has 0 fully saturated rings. The van der Waals surface area contributed by atoms with E-state index in [2.05, 4.69) is 0 Å². The third-order valence-corrected chi connectivity index (χ3v) is 7.17. The third kappa shape index (κ3) is 5.88. The Balaban J connectivity index is 1.63. The fraction of sp³-hybridized carbons (Fsp3) is 0.107. The molecular formula is C28H25NO5S. The monoisotopic (exact) mass is 487 g/mol. The van der Waals surface area contributed by atoms with E-state index >= 15 is 0 Å². The molecule has 0 saturated carbocycles. The van der Waals surface area contributed by atoms with Gasteiger partial charge in [-0.15, -0.1) is 0 Å². The first kappa shape index (κ1) is 24.0. The summed E-state index contributed by atoms with van der Waals surface area (Å²) in [6, 6.07) is 31.3. The summed E-state index contributed by atoms with van der Waals surface area (Å²) in [7, 11) is -2.46.